The van der Waals surface area contributed by atoms with Gasteiger partial charge in [0.1, 0.15) is 0 Å². The third-order valence-corrected chi connectivity index (χ3v) is 5.07. The first-order valence-electron chi connectivity index (χ1n) is 7.26. The highest BCUT2D eigenvalue weighted by molar-refractivity contribution is 7.20. The van der Waals surface area contributed by atoms with Gasteiger partial charge in [0.05, 0.1) is 4.88 Å². The van der Waals surface area contributed by atoms with E-state index in [1.165, 1.54) is 11.3 Å². The SMILES string of the molecule is CN(CC1CCOCC1)C(=O)c1cc2cc(N)ccc2s1. The normalized spacial score (nSPS) is 16.2. The molecule has 2 N–H and O–H groups in total. The van der Waals surface area contributed by atoms with Crippen molar-refractivity contribution >= 4 is 33.0 Å². The van der Waals surface area contributed by atoms with Gasteiger partial charge in [0.15, 0.2) is 0 Å². The highest BCUT2D eigenvalue weighted by Gasteiger charge is 2.20. The highest BCUT2D eigenvalue weighted by Crippen LogP contribution is 2.28. The number of amides is 1. The first kappa shape index (κ1) is 14.4. The summed E-state index contributed by atoms with van der Waals surface area (Å²) in [6.45, 7) is 2.43. The Labute approximate surface area is 128 Å². The molecule has 0 spiro atoms. The number of rotatable bonds is 3. The average Bonchev–Trinajstić information content (AvgIpc) is 2.90. The van der Waals surface area contributed by atoms with E-state index in [1.807, 2.05) is 36.2 Å². The number of thiophene rings is 1. The number of nitrogens with two attached hydrogens (primary N) is 1. The zero-order valence-electron chi connectivity index (χ0n) is 12.2. The molecule has 0 aliphatic carbocycles. The molecular formula is C16H20N2O2S. The molecule has 1 aliphatic heterocycles. The van der Waals surface area contributed by atoms with Crippen molar-refractivity contribution in [2.24, 2.45) is 5.92 Å². The topological polar surface area (TPSA) is 55.6 Å². The second kappa shape index (κ2) is 6.03. The zero-order valence-corrected chi connectivity index (χ0v) is 13.0. The molecule has 21 heavy (non-hydrogen) atoms. The molecule has 0 unspecified atom stereocenters. The van der Waals surface area contributed by atoms with Crippen LogP contribution in [-0.4, -0.2) is 37.6 Å². The number of nitrogen functional groups attached to an aromatic ring is 1. The first-order valence-corrected chi connectivity index (χ1v) is 8.07. The van der Waals surface area contributed by atoms with Gasteiger partial charge < -0.3 is 15.4 Å². The summed E-state index contributed by atoms with van der Waals surface area (Å²) in [5.41, 5.74) is 6.52. The predicted molar refractivity (Wildman–Crippen MR) is 86.7 cm³/mol. The molecule has 0 bridgehead atoms. The summed E-state index contributed by atoms with van der Waals surface area (Å²) in [5.74, 6) is 0.652. The first-order chi connectivity index (χ1) is 10.1. The fraction of sp³-hybridized carbons (Fsp3) is 0.438. The van der Waals surface area contributed by atoms with Crippen LogP contribution in [0, 0.1) is 5.92 Å². The molecule has 1 saturated heterocycles. The van der Waals surface area contributed by atoms with Gasteiger partial charge in [0.25, 0.3) is 5.91 Å². The summed E-state index contributed by atoms with van der Waals surface area (Å²) in [4.78, 5) is 15.2. The van der Waals surface area contributed by atoms with E-state index < -0.39 is 0 Å². The van der Waals surface area contributed by atoms with Crippen LogP contribution in [0.1, 0.15) is 22.5 Å². The molecule has 0 atom stereocenters. The van der Waals surface area contributed by atoms with Crippen LogP contribution in [0.15, 0.2) is 24.3 Å². The van der Waals surface area contributed by atoms with Crippen LogP contribution in [0.25, 0.3) is 10.1 Å². The van der Waals surface area contributed by atoms with Crippen LogP contribution < -0.4 is 5.73 Å². The third-order valence-electron chi connectivity index (χ3n) is 3.97. The van der Waals surface area contributed by atoms with Crippen molar-refractivity contribution in [1.29, 1.82) is 0 Å². The monoisotopic (exact) mass is 304 g/mol. The second-order valence-corrected chi connectivity index (χ2v) is 6.73. The van der Waals surface area contributed by atoms with E-state index in [4.69, 9.17) is 10.5 Å². The van der Waals surface area contributed by atoms with Crippen LogP contribution in [0.4, 0.5) is 5.69 Å². The Bertz CT molecular complexity index is 647. The van der Waals surface area contributed by atoms with Gasteiger partial charge in [-0.1, -0.05) is 0 Å². The summed E-state index contributed by atoms with van der Waals surface area (Å²) in [6.07, 6.45) is 2.08. The Morgan fingerprint density at radius 1 is 1.38 bits per heavy atom. The number of benzene rings is 1. The Balaban J connectivity index is 1.72. The maximum atomic E-state index is 12.5. The van der Waals surface area contributed by atoms with Crippen LogP contribution in [0.3, 0.4) is 0 Å². The molecule has 2 heterocycles. The van der Waals surface area contributed by atoms with Crippen LogP contribution in [0.2, 0.25) is 0 Å². The van der Waals surface area contributed by atoms with Crippen molar-refractivity contribution in [2.45, 2.75) is 12.8 Å². The minimum Gasteiger partial charge on any atom is -0.399 e. The fourth-order valence-corrected chi connectivity index (χ4v) is 3.79. The van der Waals surface area contributed by atoms with Gasteiger partial charge in [0, 0.05) is 37.2 Å². The summed E-state index contributed by atoms with van der Waals surface area (Å²) >= 11 is 1.53. The highest BCUT2D eigenvalue weighted by atomic mass is 32.1. The molecule has 1 fully saturated rings. The number of nitrogens with zero attached hydrogens (tertiary/aromatic N) is 1. The van der Waals surface area contributed by atoms with Gasteiger partial charge in [-0.3, -0.25) is 4.79 Å². The summed E-state index contributed by atoms with van der Waals surface area (Å²) in [7, 11) is 1.89. The van der Waals surface area contributed by atoms with Crippen molar-refractivity contribution in [2.75, 3.05) is 32.5 Å². The Kier molecular flexibility index (Phi) is 4.12. The minimum atomic E-state index is 0.0984. The van der Waals surface area contributed by atoms with Gasteiger partial charge >= 0.3 is 0 Å². The number of hydrogen-bond acceptors (Lipinski definition) is 4. The van der Waals surface area contributed by atoms with Crippen LogP contribution in [-0.2, 0) is 4.74 Å². The van der Waals surface area contributed by atoms with E-state index in [0.717, 1.165) is 53.3 Å². The molecular weight excluding hydrogens is 284 g/mol. The fourth-order valence-electron chi connectivity index (χ4n) is 2.75. The molecule has 4 nitrogen and oxygen atoms in total. The van der Waals surface area contributed by atoms with Gasteiger partial charge in [-0.05, 0) is 48.4 Å². The number of hydrogen-bond donors (Lipinski definition) is 1. The molecule has 5 heteroatoms. The average molecular weight is 304 g/mol. The van der Waals surface area contributed by atoms with Gasteiger partial charge in [-0.25, -0.2) is 0 Å². The Morgan fingerprint density at radius 3 is 2.90 bits per heavy atom. The number of anilines is 1. The summed E-state index contributed by atoms with van der Waals surface area (Å²) in [5, 5.41) is 1.04. The lowest BCUT2D eigenvalue weighted by Gasteiger charge is -2.26. The number of fused-ring (bicyclic) bond motifs is 1. The van der Waals surface area contributed by atoms with Gasteiger partial charge in [-0.2, -0.15) is 0 Å². The number of carbonyl (C=O) groups excluding carboxylic acids is 1. The lowest BCUT2D eigenvalue weighted by Crippen LogP contribution is -2.33. The van der Waals surface area contributed by atoms with Crippen molar-refractivity contribution in [3.05, 3.63) is 29.1 Å². The number of ether oxygens (including phenoxy) is 1. The van der Waals surface area contributed by atoms with Crippen molar-refractivity contribution < 1.29 is 9.53 Å². The van der Waals surface area contributed by atoms with E-state index in [9.17, 15) is 4.79 Å². The van der Waals surface area contributed by atoms with Crippen LogP contribution in [0.5, 0.6) is 0 Å². The number of carbonyl (C=O) groups is 1. The molecule has 3 rings (SSSR count). The van der Waals surface area contributed by atoms with Crippen LogP contribution >= 0.6 is 11.3 Å². The maximum Gasteiger partial charge on any atom is 0.263 e. The predicted octanol–water partition coefficient (Wildman–Crippen LogP) is 2.98. The molecule has 112 valence electrons. The maximum absolute atomic E-state index is 12.5. The lowest BCUT2D eigenvalue weighted by molar-refractivity contribution is 0.0499. The van der Waals surface area contributed by atoms with E-state index in [-0.39, 0.29) is 5.91 Å². The van der Waals surface area contributed by atoms with E-state index >= 15 is 0 Å². The summed E-state index contributed by atoms with van der Waals surface area (Å²) in [6, 6.07) is 7.71. The molecule has 1 amide bonds. The zero-order chi connectivity index (χ0) is 14.8. The Hall–Kier alpha value is -1.59. The van der Waals surface area contributed by atoms with E-state index in [0.29, 0.717) is 5.92 Å². The summed E-state index contributed by atoms with van der Waals surface area (Å²) < 4.78 is 6.47. The lowest BCUT2D eigenvalue weighted by atomic mass is 10.00. The smallest absolute Gasteiger partial charge is 0.263 e. The molecule has 0 saturated carbocycles. The van der Waals surface area contributed by atoms with Gasteiger partial charge in [-0.15, -0.1) is 11.3 Å². The molecule has 2 aromatic rings. The quantitative estimate of drug-likeness (QED) is 0.887. The Morgan fingerprint density at radius 2 is 2.14 bits per heavy atom. The van der Waals surface area contributed by atoms with Crippen molar-refractivity contribution in [3.63, 3.8) is 0 Å². The molecule has 1 aromatic heterocycles. The largest absolute Gasteiger partial charge is 0.399 e. The minimum absolute atomic E-state index is 0.0984. The van der Waals surface area contributed by atoms with Crippen molar-refractivity contribution in [3.8, 4) is 0 Å². The molecule has 1 aliphatic rings. The third kappa shape index (κ3) is 3.19. The standard InChI is InChI=1S/C16H20N2O2S/c1-18(10-11-4-6-20-7-5-11)16(19)15-9-12-8-13(17)2-3-14(12)21-15/h2-3,8-9,11H,4-7,10,17H2,1H3. The van der Waals surface area contributed by atoms with Crippen molar-refractivity contribution in [1.82, 2.24) is 4.90 Å². The second-order valence-electron chi connectivity index (χ2n) is 5.65. The molecule has 0 radical (unpaired) electrons. The molecule has 1 aromatic carbocycles. The van der Waals surface area contributed by atoms with Gasteiger partial charge in [0.2, 0.25) is 0 Å². The van der Waals surface area contributed by atoms with E-state index in [2.05, 4.69) is 0 Å². The van der Waals surface area contributed by atoms with E-state index in [1.54, 1.807) is 0 Å².